The van der Waals surface area contributed by atoms with Gasteiger partial charge in [0.1, 0.15) is 23.0 Å². The monoisotopic (exact) mass is 380 g/mol. The van der Waals surface area contributed by atoms with Crippen LogP contribution in [0.25, 0.3) is 0 Å². The van der Waals surface area contributed by atoms with Gasteiger partial charge in [-0.2, -0.15) is 0 Å². The van der Waals surface area contributed by atoms with Crippen LogP contribution in [0.3, 0.4) is 0 Å². The minimum atomic E-state index is -0.0434. The summed E-state index contributed by atoms with van der Waals surface area (Å²) in [5.74, 6) is 2.86. The molecule has 4 rings (SSSR count). The fourth-order valence-electron chi connectivity index (χ4n) is 2.88. The Morgan fingerprint density at radius 2 is 0.897 bits per heavy atom. The molecule has 0 bridgehead atoms. The molecule has 0 aliphatic carbocycles. The van der Waals surface area contributed by atoms with E-state index in [-0.39, 0.29) is 5.78 Å². The van der Waals surface area contributed by atoms with Crippen LogP contribution in [-0.2, 0) is 0 Å². The molecule has 0 heterocycles. The molecule has 0 spiro atoms. The predicted octanol–water partition coefficient (Wildman–Crippen LogP) is 6.81. The van der Waals surface area contributed by atoms with Crippen molar-refractivity contribution in [3.63, 3.8) is 0 Å². The van der Waals surface area contributed by atoms with E-state index in [1.165, 1.54) is 5.56 Å². The Morgan fingerprint density at radius 1 is 0.517 bits per heavy atom. The fraction of sp³-hybridized carbons (Fsp3) is 0.0385. The number of carbonyl (C=O) groups excluding carboxylic acids is 1. The van der Waals surface area contributed by atoms with E-state index in [1.807, 2.05) is 61.5 Å². The maximum atomic E-state index is 12.7. The Hall–Kier alpha value is -3.85. The van der Waals surface area contributed by atoms with E-state index < -0.39 is 0 Å². The topological polar surface area (TPSA) is 35.5 Å². The van der Waals surface area contributed by atoms with Crippen LogP contribution in [0, 0.1) is 6.92 Å². The Balaban J connectivity index is 1.43. The van der Waals surface area contributed by atoms with Crippen LogP contribution >= 0.6 is 0 Å². The second-order valence-corrected chi connectivity index (χ2v) is 6.71. The lowest BCUT2D eigenvalue weighted by Crippen LogP contribution is -2.01. The molecule has 142 valence electrons. The van der Waals surface area contributed by atoms with Crippen molar-refractivity contribution in [2.45, 2.75) is 6.92 Å². The summed E-state index contributed by atoms with van der Waals surface area (Å²) < 4.78 is 11.6. The number of ketones is 1. The highest BCUT2D eigenvalue weighted by Gasteiger charge is 2.10. The van der Waals surface area contributed by atoms with Crippen molar-refractivity contribution in [2.24, 2.45) is 0 Å². The first kappa shape index (κ1) is 18.5. The quantitative estimate of drug-likeness (QED) is 0.345. The van der Waals surface area contributed by atoms with Crippen LogP contribution in [0.5, 0.6) is 23.0 Å². The Kier molecular flexibility index (Phi) is 5.39. The number of para-hydroxylation sites is 1. The van der Waals surface area contributed by atoms with Crippen molar-refractivity contribution >= 4 is 5.78 Å². The van der Waals surface area contributed by atoms with Gasteiger partial charge in [0.15, 0.2) is 5.78 Å². The molecule has 0 saturated heterocycles. The van der Waals surface area contributed by atoms with Crippen LogP contribution < -0.4 is 9.47 Å². The van der Waals surface area contributed by atoms with E-state index in [4.69, 9.17) is 9.47 Å². The summed E-state index contributed by atoms with van der Waals surface area (Å²) in [7, 11) is 0. The smallest absolute Gasteiger partial charge is 0.193 e. The van der Waals surface area contributed by atoms with Gasteiger partial charge in [0, 0.05) is 11.1 Å². The molecular weight excluding hydrogens is 360 g/mol. The first-order valence-corrected chi connectivity index (χ1v) is 9.40. The van der Waals surface area contributed by atoms with Gasteiger partial charge in [0.05, 0.1) is 0 Å². The number of hydrogen-bond acceptors (Lipinski definition) is 3. The molecule has 3 nitrogen and oxygen atoms in total. The zero-order chi connectivity index (χ0) is 20.1. The number of ether oxygens (including phenoxy) is 2. The fourth-order valence-corrected chi connectivity index (χ4v) is 2.88. The van der Waals surface area contributed by atoms with Gasteiger partial charge in [-0.3, -0.25) is 4.79 Å². The van der Waals surface area contributed by atoms with Crippen molar-refractivity contribution < 1.29 is 14.3 Å². The van der Waals surface area contributed by atoms with Crippen molar-refractivity contribution in [1.29, 1.82) is 0 Å². The number of aryl methyl sites for hydroxylation is 1. The Labute approximate surface area is 170 Å². The van der Waals surface area contributed by atoms with E-state index in [1.54, 1.807) is 48.5 Å². The first-order valence-electron chi connectivity index (χ1n) is 9.40. The summed E-state index contributed by atoms with van der Waals surface area (Å²) in [5, 5.41) is 0. The van der Waals surface area contributed by atoms with Gasteiger partial charge in [-0.15, -0.1) is 0 Å². The zero-order valence-corrected chi connectivity index (χ0v) is 16.0. The summed E-state index contributed by atoms with van der Waals surface area (Å²) in [6, 6.07) is 31.7. The normalized spacial score (nSPS) is 10.4. The van der Waals surface area contributed by atoms with Crippen LogP contribution in [0.4, 0.5) is 0 Å². The van der Waals surface area contributed by atoms with E-state index >= 15 is 0 Å². The maximum absolute atomic E-state index is 12.7. The first-order chi connectivity index (χ1) is 14.2. The van der Waals surface area contributed by atoms with E-state index in [0.29, 0.717) is 22.6 Å². The molecule has 0 fully saturated rings. The predicted molar refractivity (Wildman–Crippen MR) is 114 cm³/mol. The van der Waals surface area contributed by atoms with E-state index in [2.05, 4.69) is 0 Å². The molecular formula is C26H20O3. The third-order valence-corrected chi connectivity index (χ3v) is 4.47. The van der Waals surface area contributed by atoms with Crippen LogP contribution in [0.2, 0.25) is 0 Å². The molecule has 0 unspecified atom stereocenters. The number of carbonyl (C=O) groups is 1. The Morgan fingerprint density at radius 3 is 1.34 bits per heavy atom. The van der Waals surface area contributed by atoms with Gasteiger partial charge < -0.3 is 9.47 Å². The minimum Gasteiger partial charge on any atom is -0.457 e. The highest BCUT2D eigenvalue weighted by Crippen LogP contribution is 2.24. The van der Waals surface area contributed by atoms with Gasteiger partial charge >= 0.3 is 0 Å². The summed E-state index contributed by atoms with van der Waals surface area (Å²) in [6.07, 6.45) is 0. The lowest BCUT2D eigenvalue weighted by molar-refractivity contribution is 0.103. The molecule has 4 aromatic rings. The second-order valence-electron chi connectivity index (χ2n) is 6.71. The second kappa shape index (κ2) is 8.44. The lowest BCUT2D eigenvalue weighted by atomic mass is 10.0. The summed E-state index contributed by atoms with van der Waals surface area (Å²) in [6.45, 7) is 2.03. The van der Waals surface area contributed by atoms with E-state index in [0.717, 1.165) is 11.5 Å². The number of hydrogen-bond donors (Lipinski definition) is 0. The molecule has 0 saturated carbocycles. The zero-order valence-electron chi connectivity index (χ0n) is 16.0. The summed E-state index contributed by atoms with van der Waals surface area (Å²) >= 11 is 0. The molecule has 29 heavy (non-hydrogen) atoms. The van der Waals surface area contributed by atoms with E-state index in [9.17, 15) is 4.79 Å². The molecule has 0 aromatic heterocycles. The van der Waals surface area contributed by atoms with Crippen LogP contribution in [-0.4, -0.2) is 5.78 Å². The van der Waals surface area contributed by atoms with Crippen molar-refractivity contribution in [3.8, 4) is 23.0 Å². The SMILES string of the molecule is Cc1ccc(Oc2ccc(C(=O)c3ccc(Oc4ccccc4)cc3)cc2)cc1. The van der Waals surface area contributed by atoms with Crippen molar-refractivity contribution in [2.75, 3.05) is 0 Å². The third kappa shape index (κ3) is 4.71. The minimum absolute atomic E-state index is 0.0434. The van der Waals surface area contributed by atoms with Gasteiger partial charge in [-0.25, -0.2) is 0 Å². The molecule has 0 atom stereocenters. The van der Waals surface area contributed by atoms with Gasteiger partial charge in [0.2, 0.25) is 0 Å². The molecule has 4 aromatic carbocycles. The molecule has 0 radical (unpaired) electrons. The molecule has 0 amide bonds. The van der Waals surface area contributed by atoms with Crippen LogP contribution in [0.15, 0.2) is 103 Å². The third-order valence-electron chi connectivity index (χ3n) is 4.47. The molecule has 0 aliphatic rings. The lowest BCUT2D eigenvalue weighted by Gasteiger charge is -2.08. The van der Waals surface area contributed by atoms with Gasteiger partial charge in [-0.1, -0.05) is 35.9 Å². The highest BCUT2D eigenvalue weighted by atomic mass is 16.5. The Bertz CT molecular complexity index is 1080. The molecule has 0 N–H and O–H groups in total. The number of benzene rings is 4. The number of rotatable bonds is 6. The maximum Gasteiger partial charge on any atom is 0.193 e. The summed E-state index contributed by atoms with van der Waals surface area (Å²) in [4.78, 5) is 12.7. The molecule has 0 aliphatic heterocycles. The van der Waals surface area contributed by atoms with Gasteiger partial charge in [-0.05, 0) is 79.7 Å². The summed E-state index contributed by atoms with van der Waals surface area (Å²) in [5.41, 5.74) is 2.40. The van der Waals surface area contributed by atoms with Crippen molar-refractivity contribution in [3.05, 3.63) is 120 Å². The average molecular weight is 380 g/mol. The average Bonchev–Trinajstić information content (AvgIpc) is 2.77. The van der Waals surface area contributed by atoms with Crippen LogP contribution in [0.1, 0.15) is 21.5 Å². The van der Waals surface area contributed by atoms with Gasteiger partial charge in [0.25, 0.3) is 0 Å². The highest BCUT2D eigenvalue weighted by molar-refractivity contribution is 6.09. The standard InChI is InChI=1S/C26H20O3/c1-19-7-13-23(14-8-19)29-25-17-11-21(12-18-25)26(27)20-9-15-24(16-10-20)28-22-5-3-2-4-6-22/h2-18H,1H3. The van der Waals surface area contributed by atoms with Crippen molar-refractivity contribution in [1.82, 2.24) is 0 Å². The molecule has 3 heteroatoms. The largest absolute Gasteiger partial charge is 0.457 e.